The Morgan fingerprint density at radius 1 is 1.09 bits per heavy atom. The molecule has 0 spiro atoms. The summed E-state index contributed by atoms with van der Waals surface area (Å²) in [5.41, 5.74) is -0.178. The van der Waals surface area contributed by atoms with Crippen molar-refractivity contribution in [2.24, 2.45) is 0 Å². The van der Waals surface area contributed by atoms with E-state index in [1.54, 1.807) is 6.92 Å². The molecule has 0 radical (unpaired) electrons. The molecule has 0 fully saturated rings. The molecule has 7 heteroatoms. The lowest BCUT2D eigenvalue weighted by Crippen LogP contribution is -2.44. The molecule has 0 heterocycles. The zero-order chi connectivity index (χ0) is 17.0. The first-order valence-corrected chi connectivity index (χ1v) is 8.91. The first-order chi connectivity index (χ1) is 10.0. The molecule has 22 heavy (non-hydrogen) atoms. The molecular formula is C15H17Br3O4. The Hall–Kier alpha value is -0.400. The largest absolute Gasteiger partial charge is 0.458 e. The molecule has 0 bridgehead atoms. The van der Waals surface area contributed by atoms with Gasteiger partial charge in [0.1, 0.15) is 11.7 Å². The van der Waals surface area contributed by atoms with E-state index in [1.165, 1.54) is 13.8 Å². The van der Waals surface area contributed by atoms with Crippen LogP contribution in [-0.4, -0.2) is 19.7 Å². The van der Waals surface area contributed by atoms with E-state index in [-0.39, 0.29) is 6.42 Å². The van der Waals surface area contributed by atoms with Crippen LogP contribution in [0.1, 0.15) is 38.9 Å². The Labute approximate surface area is 155 Å². The molecule has 1 aromatic carbocycles. The lowest BCUT2D eigenvalue weighted by molar-refractivity contribution is -0.161. The summed E-state index contributed by atoms with van der Waals surface area (Å²) < 4.78 is 10.0. The minimum absolute atomic E-state index is 0.262. The van der Waals surface area contributed by atoms with Gasteiger partial charge >= 0.3 is 11.9 Å². The molecule has 0 amide bonds. The number of alkyl halides is 3. The van der Waals surface area contributed by atoms with Crippen LogP contribution in [0.4, 0.5) is 0 Å². The number of halogens is 3. The predicted molar refractivity (Wildman–Crippen MR) is 95.2 cm³/mol. The average Bonchev–Trinajstić information content (AvgIpc) is 2.36. The highest BCUT2D eigenvalue weighted by Crippen LogP contribution is 2.50. The van der Waals surface area contributed by atoms with E-state index in [0.29, 0.717) is 0 Å². The van der Waals surface area contributed by atoms with Gasteiger partial charge in [-0.3, -0.25) is 9.59 Å². The first kappa shape index (κ1) is 19.6. The molecule has 0 saturated heterocycles. The molecule has 0 aliphatic carbocycles. The van der Waals surface area contributed by atoms with Gasteiger partial charge in [0.2, 0.25) is 0 Å². The molecule has 4 nitrogen and oxygen atoms in total. The summed E-state index contributed by atoms with van der Waals surface area (Å²) in [7, 11) is 0. The zero-order valence-electron chi connectivity index (χ0n) is 12.4. The Kier molecular flexibility index (Phi) is 7.08. The summed E-state index contributed by atoms with van der Waals surface area (Å²) >= 11 is 10.2. The summed E-state index contributed by atoms with van der Waals surface area (Å²) in [5.74, 6) is -0.830. The van der Waals surface area contributed by atoms with Crippen molar-refractivity contribution in [1.29, 1.82) is 0 Å². The number of hydrogen-bond acceptors (Lipinski definition) is 4. The van der Waals surface area contributed by atoms with Crippen molar-refractivity contribution in [3.8, 4) is 0 Å². The highest BCUT2D eigenvalue weighted by Gasteiger charge is 2.48. The van der Waals surface area contributed by atoms with Gasteiger partial charge in [0.25, 0.3) is 0 Å². The second-order valence-electron chi connectivity index (χ2n) is 5.04. The third-order valence-electron chi connectivity index (χ3n) is 3.02. The number of esters is 2. The van der Waals surface area contributed by atoms with Crippen molar-refractivity contribution in [3.05, 3.63) is 35.9 Å². The third-order valence-corrected chi connectivity index (χ3v) is 5.54. The normalized spacial score (nSPS) is 15.5. The second kappa shape index (κ2) is 7.93. The smallest absolute Gasteiger partial charge is 0.303 e. The van der Waals surface area contributed by atoms with Crippen molar-refractivity contribution in [2.45, 2.75) is 41.0 Å². The third kappa shape index (κ3) is 5.66. The molecule has 122 valence electrons. The second-order valence-corrected chi connectivity index (χ2v) is 11.8. The maximum Gasteiger partial charge on any atom is 0.303 e. The van der Waals surface area contributed by atoms with Crippen molar-refractivity contribution < 1.29 is 19.1 Å². The van der Waals surface area contributed by atoms with E-state index in [0.717, 1.165) is 5.56 Å². The van der Waals surface area contributed by atoms with Crippen molar-refractivity contribution in [2.75, 3.05) is 0 Å². The maximum absolute atomic E-state index is 11.5. The SMILES string of the molecule is CC(=O)O[C@H](C[C@@](C)(OC(C)=O)C(Br)(Br)Br)c1ccccc1. The van der Waals surface area contributed by atoms with Gasteiger partial charge in [0.15, 0.2) is 2.14 Å². The highest BCUT2D eigenvalue weighted by atomic mass is 80.0. The minimum atomic E-state index is -1.01. The number of benzene rings is 1. The molecule has 1 rings (SSSR count). The fourth-order valence-corrected chi connectivity index (χ4v) is 2.71. The summed E-state index contributed by atoms with van der Waals surface area (Å²) in [6.45, 7) is 4.43. The van der Waals surface area contributed by atoms with Gasteiger partial charge in [-0.2, -0.15) is 0 Å². The quantitative estimate of drug-likeness (QED) is 0.429. The van der Waals surface area contributed by atoms with Gasteiger partial charge in [-0.1, -0.05) is 78.1 Å². The number of rotatable bonds is 5. The lowest BCUT2D eigenvalue weighted by Gasteiger charge is -2.38. The van der Waals surface area contributed by atoms with Gasteiger partial charge in [0.05, 0.1) is 0 Å². The highest BCUT2D eigenvalue weighted by molar-refractivity contribution is 9.39. The Balaban J connectivity index is 3.13. The molecular weight excluding hydrogens is 484 g/mol. The van der Waals surface area contributed by atoms with Crippen molar-refractivity contribution in [3.63, 3.8) is 0 Å². The van der Waals surface area contributed by atoms with E-state index in [4.69, 9.17) is 9.47 Å². The van der Waals surface area contributed by atoms with Gasteiger partial charge in [0, 0.05) is 20.3 Å². The number of carbonyl (C=O) groups excluding carboxylic acids is 2. The number of hydrogen-bond donors (Lipinski definition) is 0. The van der Waals surface area contributed by atoms with E-state index >= 15 is 0 Å². The molecule has 0 aromatic heterocycles. The first-order valence-electron chi connectivity index (χ1n) is 6.53. The van der Waals surface area contributed by atoms with Crippen LogP contribution in [0.5, 0.6) is 0 Å². The van der Waals surface area contributed by atoms with Gasteiger partial charge < -0.3 is 9.47 Å². The van der Waals surface area contributed by atoms with Crippen LogP contribution < -0.4 is 0 Å². The van der Waals surface area contributed by atoms with Crippen LogP contribution in [0.2, 0.25) is 0 Å². The molecule has 0 aliphatic rings. The Bertz CT molecular complexity index is 527. The summed E-state index contributed by atoms with van der Waals surface area (Å²) in [4.78, 5) is 22.9. The summed E-state index contributed by atoms with van der Waals surface area (Å²) in [5, 5.41) is 0. The van der Waals surface area contributed by atoms with Crippen molar-refractivity contribution in [1.82, 2.24) is 0 Å². The average molecular weight is 501 g/mol. The molecule has 0 N–H and O–H groups in total. The Morgan fingerprint density at radius 2 is 1.64 bits per heavy atom. The van der Waals surface area contributed by atoms with E-state index in [9.17, 15) is 9.59 Å². The molecule has 0 saturated carbocycles. The Morgan fingerprint density at radius 3 is 2.05 bits per heavy atom. The van der Waals surface area contributed by atoms with E-state index in [2.05, 4.69) is 47.8 Å². The predicted octanol–water partition coefficient (Wildman–Crippen LogP) is 4.84. The number of carbonyl (C=O) groups is 2. The molecule has 1 aromatic rings. The summed E-state index contributed by atoms with van der Waals surface area (Å²) in [6, 6.07) is 9.32. The van der Waals surface area contributed by atoms with Crippen LogP contribution >= 0.6 is 47.8 Å². The van der Waals surface area contributed by atoms with Gasteiger partial charge in [-0.05, 0) is 12.5 Å². The van der Waals surface area contributed by atoms with Crippen molar-refractivity contribution >= 4 is 59.7 Å². The zero-order valence-corrected chi connectivity index (χ0v) is 17.2. The van der Waals surface area contributed by atoms with Crippen LogP contribution in [0, 0.1) is 0 Å². The number of ether oxygens (including phenoxy) is 2. The molecule has 0 unspecified atom stereocenters. The van der Waals surface area contributed by atoms with Crippen LogP contribution in [0.25, 0.3) is 0 Å². The topological polar surface area (TPSA) is 52.6 Å². The monoisotopic (exact) mass is 498 g/mol. The fraction of sp³-hybridized carbons (Fsp3) is 0.467. The van der Waals surface area contributed by atoms with Crippen LogP contribution in [-0.2, 0) is 19.1 Å². The maximum atomic E-state index is 11.5. The van der Waals surface area contributed by atoms with Gasteiger partial charge in [-0.25, -0.2) is 0 Å². The van der Waals surface area contributed by atoms with Crippen LogP contribution in [0.3, 0.4) is 0 Å². The standard InChI is InChI=1S/C15H17Br3O4/c1-10(19)21-13(12-7-5-4-6-8-12)9-14(3,15(16,17)18)22-11(2)20/h4-8,13H,9H2,1-3H3/t13-,14-/m1/s1. The van der Waals surface area contributed by atoms with Crippen LogP contribution in [0.15, 0.2) is 30.3 Å². The summed E-state index contributed by atoms with van der Waals surface area (Å²) in [6.07, 6.45) is -0.284. The lowest BCUT2D eigenvalue weighted by atomic mass is 9.95. The fourth-order valence-electron chi connectivity index (χ4n) is 1.98. The van der Waals surface area contributed by atoms with E-state index in [1.807, 2.05) is 30.3 Å². The van der Waals surface area contributed by atoms with Gasteiger partial charge in [-0.15, -0.1) is 0 Å². The van der Waals surface area contributed by atoms with E-state index < -0.39 is 25.8 Å². The molecule has 2 atom stereocenters. The molecule has 0 aliphatic heterocycles. The minimum Gasteiger partial charge on any atom is -0.458 e.